The maximum absolute atomic E-state index is 11.7. The van der Waals surface area contributed by atoms with Crippen LogP contribution in [0.15, 0.2) is 24.3 Å². The monoisotopic (exact) mass is 284 g/mol. The molecule has 1 unspecified atom stereocenters. The van der Waals surface area contributed by atoms with Crippen molar-refractivity contribution >= 4 is 18.3 Å². The minimum Gasteiger partial charge on any atom is -0.392 e. The zero-order valence-corrected chi connectivity index (χ0v) is 11.7. The molecule has 0 saturated carbocycles. The zero-order valence-electron chi connectivity index (χ0n) is 10.9. The van der Waals surface area contributed by atoms with E-state index in [-0.39, 0.29) is 24.9 Å². The number of nitrogens with one attached hydrogen (secondary N) is 2. The number of hydrogen-bond acceptors (Lipinski definition) is 3. The van der Waals surface area contributed by atoms with Crippen LogP contribution < -0.4 is 10.6 Å². The van der Waals surface area contributed by atoms with Gasteiger partial charge in [0.05, 0.1) is 6.61 Å². The van der Waals surface area contributed by atoms with Crippen molar-refractivity contribution in [2.75, 3.05) is 13.1 Å². The van der Waals surface area contributed by atoms with Gasteiger partial charge in [-0.15, -0.1) is 12.4 Å². The molecular formula is C14H21ClN2O2. The van der Waals surface area contributed by atoms with Gasteiger partial charge >= 0.3 is 0 Å². The Balaban J connectivity index is 0.00000180. The van der Waals surface area contributed by atoms with Gasteiger partial charge in [0.25, 0.3) is 0 Å². The Labute approximate surface area is 120 Å². The summed E-state index contributed by atoms with van der Waals surface area (Å²) >= 11 is 0. The second-order valence-corrected chi connectivity index (χ2v) is 4.82. The minimum absolute atomic E-state index is 0. The van der Waals surface area contributed by atoms with Gasteiger partial charge in [-0.3, -0.25) is 4.79 Å². The number of rotatable bonds is 5. The van der Waals surface area contributed by atoms with E-state index < -0.39 is 0 Å². The third-order valence-corrected chi connectivity index (χ3v) is 3.30. The van der Waals surface area contributed by atoms with Crippen molar-refractivity contribution in [2.24, 2.45) is 5.92 Å². The van der Waals surface area contributed by atoms with E-state index in [4.69, 9.17) is 5.11 Å². The van der Waals surface area contributed by atoms with Gasteiger partial charge in [-0.1, -0.05) is 24.3 Å². The van der Waals surface area contributed by atoms with E-state index in [9.17, 15) is 4.79 Å². The highest BCUT2D eigenvalue weighted by atomic mass is 35.5. The molecule has 1 aromatic rings. The molecule has 1 amide bonds. The molecule has 5 heteroatoms. The summed E-state index contributed by atoms with van der Waals surface area (Å²) in [5.41, 5.74) is 1.90. The second kappa shape index (κ2) is 8.15. The topological polar surface area (TPSA) is 61.4 Å². The van der Waals surface area contributed by atoms with Crippen LogP contribution in [-0.4, -0.2) is 24.1 Å². The molecular weight excluding hydrogens is 264 g/mol. The van der Waals surface area contributed by atoms with Crippen molar-refractivity contribution in [2.45, 2.75) is 26.0 Å². The molecule has 0 bridgehead atoms. The van der Waals surface area contributed by atoms with Gasteiger partial charge in [0.2, 0.25) is 5.91 Å². The van der Waals surface area contributed by atoms with E-state index in [0.29, 0.717) is 18.9 Å². The fraction of sp³-hybridized carbons (Fsp3) is 0.500. The molecule has 0 spiro atoms. The Kier molecular flexibility index (Phi) is 6.84. The maximum atomic E-state index is 11.7. The highest BCUT2D eigenvalue weighted by molar-refractivity contribution is 5.85. The van der Waals surface area contributed by atoms with Crippen LogP contribution in [0.4, 0.5) is 0 Å². The van der Waals surface area contributed by atoms with E-state index in [1.807, 2.05) is 24.3 Å². The number of halogens is 1. The average molecular weight is 285 g/mol. The number of benzene rings is 1. The standard InChI is InChI=1S/C14H20N2O2.ClH/c17-10-13-3-1-2-11(6-13)9-16-14(18)7-12-4-5-15-8-12;/h1-3,6,12,15,17H,4-5,7-10H2,(H,16,18);1H. The molecule has 3 N–H and O–H groups in total. The summed E-state index contributed by atoms with van der Waals surface area (Å²) in [5, 5.41) is 15.2. The Bertz CT molecular complexity index is 406. The normalized spacial score (nSPS) is 17.8. The van der Waals surface area contributed by atoms with Gasteiger partial charge < -0.3 is 15.7 Å². The smallest absolute Gasteiger partial charge is 0.220 e. The first-order chi connectivity index (χ1) is 8.78. The molecule has 1 atom stereocenters. The first-order valence-electron chi connectivity index (χ1n) is 6.44. The Hall–Kier alpha value is -1.10. The van der Waals surface area contributed by atoms with E-state index in [1.54, 1.807) is 0 Å². The molecule has 1 heterocycles. The van der Waals surface area contributed by atoms with Gasteiger partial charge in [0.15, 0.2) is 0 Å². The van der Waals surface area contributed by atoms with Crippen molar-refractivity contribution in [3.05, 3.63) is 35.4 Å². The van der Waals surface area contributed by atoms with E-state index in [1.165, 1.54) is 0 Å². The molecule has 0 radical (unpaired) electrons. The third-order valence-electron chi connectivity index (χ3n) is 3.30. The Morgan fingerprint density at radius 1 is 1.42 bits per heavy atom. The van der Waals surface area contributed by atoms with Crippen molar-refractivity contribution in [1.29, 1.82) is 0 Å². The summed E-state index contributed by atoms with van der Waals surface area (Å²) in [6, 6.07) is 7.64. The molecule has 1 fully saturated rings. The van der Waals surface area contributed by atoms with E-state index >= 15 is 0 Å². The molecule has 106 valence electrons. The van der Waals surface area contributed by atoms with Crippen LogP contribution in [0.3, 0.4) is 0 Å². The second-order valence-electron chi connectivity index (χ2n) is 4.82. The Morgan fingerprint density at radius 2 is 2.21 bits per heavy atom. The van der Waals surface area contributed by atoms with Crippen molar-refractivity contribution in [3.63, 3.8) is 0 Å². The Morgan fingerprint density at radius 3 is 2.89 bits per heavy atom. The van der Waals surface area contributed by atoms with Crippen LogP contribution >= 0.6 is 12.4 Å². The minimum atomic E-state index is 0. The number of aliphatic hydroxyl groups is 1. The first kappa shape index (κ1) is 16.0. The van der Waals surface area contributed by atoms with Gasteiger partial charge in [0.1, 0.15) is 0 Å². The van der Waals surface area contributed by atoms with Crippen LogP contribution in [0.5, 0.6) is 0 Å². The lowest BCUT2D eigenvalue weighted by atomic mass is 10.0. The molecule has 1 aliphatic rings. The average Bonchev–Trinajstić information content (AvgIpc) is 2.89. The summed E-state index contributed by atoms with van der Waals surface area (Å²) in [6.07, 6.45) is 1.69. The molecule has 0 aliphatic carbocycles. The fourth-order valence-corrected chi connectivity index (χ4v) is 2.26. The molecule has 1 aromatic carbocycles. The van der Waals surface area contributed by atoms with Gasteiger partial charge in [-0.05, 0) is 36.6 Å². The fourth-order valence-electron chi connectivity index (χ4n) is 2.26. The lowest BCUT2D eigenvalue weighted by molar-refractivity contribution is -0.122. The highest BCUT2D eigenvalue weighted by Crippen LogP contribution is 2.12. The molecule has 1 saturated heterocycles. The summed E-state index contributed by atoms with van der Waals surface area (Å²) < 4.78 is 0. The predicted octanol–water partition coefficient (Wildman–Crippen LogP) is 1.22. The molecule has 4 nitrogen and oxygen atoms in total. The largest absolute Gasteiger partial charge is 0.392 e. The van der Waals surface area contributed by atoms with Crippen LogP contribution in [0, 0.1) is 5.92 Å². The van der Waals surface area contributed by atoms with Crippen LogP contribution in [0.25, 0.3) is 0 Å². The summed E-state index contributed by atoms with van der Waals surface area (Å²) in [7, 11) is 0. The lowest BCUT2D eigenvalue weighted by Gasteiger charge is -2.09. The van der Waals surface area contributed by atoms with Gasteiger partial charge in [0, 0.05) is 13.0 Å². The summed E-state index contributed by atoms with van der Waals surface area (Å²) in [6.45, 7) is 2.55. The number of hydrogen-bond donors (Lipinski definition) is 3. The summed E-state index contributed by atoms with van der Waals surface area (Å²) in [5.74, 6) is 0.590. The zero-order chi connectivity index (χ0) is 12.8. The highest BCUT2D eigenvalue weighted by Gasteiger charge is 2.17. The lowest BCUT2D eigenvalue weighted by Crippen LogP contribution is -2.25. The predicted molar refractivity (Wildman–Crippen MR) is 77.1 cm³/mol. The quantitative estimate of drug-likeness (QED) is 0.762. The van der Waals surface area contributed by atoms with Crippen LogP contribution in [0.1, 0.15) is 24.0 Å². The molecule has 2 rings (SSSR count). The SMILES string of the molecule is Cl.O=C(CC1CCNC1)NCc1cccc(CO)c1. The third kappa shape index (κ3) is 5.19. The number of carbonyl (C=O) groups excluding carboxylic acids is 1. The first-order valence-corrected chi connectivity index (χ1v) is 6.44. The van der Waals surface area contributed by atoms with Crippen LogP contribution in [-0.2, 0) is 17.9 Å². The molecule has 19 heavy (non-hydrogen) atoms. The van der Waals surface area contributed by atoms with Crippen LogP contribution in [0.2, 0.25) is 0 Å². The summed E-state index contributed by atoms with van der Waals surface area (Å²) in [4.78, 5) is 11.7. The van der Waals surface area contributed by atoms with Gasteiger partial charge in [-0.25, -0.2) is 0 Å². The number of amides is 1. The molecule has 0 aromatic heterocycles. The number of aliphatic hydroxyl groups excluding tert-OH is 1. The van der Waals surface area contributed by atoms with Crippen molar-refractivity contribution < 1.29 is 9.90 Å². The van der Waals surface area contributed by atoms with E-state index in [0.717, 1.165) is 30.6 Å². The van der Waals surface area contributed by atoms with Crippen molar-refractivity contribution in [1.82, 2.24) is 10.6 Å². The van der Waals surface area contributed by atoms with E-state index in [2.05, 4.69) is 10.6 Å². The van der Waals surface area contributed by atoms with Gasteiger partial charge in [-0.2, -0.15) is 0 Å². The van der Waals surface area contributed by atoms with Crippen molar-refractivity contribution in [3.8, 4) is 0 Å². The number of carbonyl (C=O) groups is 1. The maximum Gasteiger partial charge on any atom is 0.220 e. The molecule has 1 aliphatic heterocycles.